The first-order valence-corrected chi connectivity index (χ1v) is 7.70. The minimum absolute atomic E-state index is 0.0543. The Bertz CT molecular complexity index is 576. The first kappa shape index (κ1) is 16.6. The smallest absolute Gasteiger partial charge is 0.242 e. The van der Waals surface area contributed by atoms with Gasteiger partial charge in [-0.15, -0.1) is 0 Å². The van der Waals surface area contributed by atoms with Crippen LogP contribution in [0.1, 0.15) is 18.9 Å². The molecule has 0 unspecified atom stereocenters. The molecule has 0 radical (unpaired) electrons. The zero-order chi connectivity index (χ0) is 14.8. The van der Waals surface area contributed by atoms with Crippen LogP contribution in [0.5, 0.6) is 0 Å². The van der Waals surface area contributed by atoms with Gasteiger partial charge in [0.1, 0.15) is 11.5 Å². The topological polar surface area (TPSA) is 88.5 Å². The van der Waals surface area contributed by atoms with E-state index in [1.165, 1.54) is 18.5 Å². The third kappa shape index (κ3) is 5.67. The summed E-state index contributed by atoms with van der Waals surface area (Å²) in [5, 5.41) is 8.61. The number of ether oxygens (including phenoxy) is 1. The van der Waals surface area contributed by atoms with Gasteiger partial charge in [0, 0.05) is 37.7 Å². The molecule has 6 nitrogen and oxygen atoms in total. The minimum Gasteiger partial charge on any atom is -0.384 e. The monoisotopic (exact) mass is 298 g/mol. The molecule has 1 aromatic rings. The Morgan fingerprint density at radius 1 is 1.45 bits per heavy atom. The van der Waals surface area contributed by atoms with Gasteiger partial charge in [0.15, 0.2) is 0 Å². The Kier molecular flexibility index (Phi) is 7.18. The third-order valence-corrected chi connectivity index (χ3v) is 3.72. The summed E-state index contributed by atoms with van der Waals surface area (Å²) in [5.41, 5.74) is 0.441. The minimum atomic E-state index is -3.59. The van der Waals surface area contributed by atoms with E-state index >= 15 is 0 Å². The molecular weight excluding hydrogens is 280 g/mol. The number of rotatable bonds is 7. The molecule has 1 rings (SSSR count). The molecule has 0 fully saturated rings. The molecule has 0 aromatic carbocycles. The number of nitrogens with zero attached hydrogens (tertiary/aromatic N) is 1. The van der Waals surface area contributed by atoms with E-state index in [-0.39, 0.29) is 11.5 Å². The average molecular weight is 298 g/mol. The van der Waals surface area contributed by atoms with Crippen LogP contribution in [0.2, 0.25) is 0 Å². The van der Waals surface area contributed by atoms with Crippen molar-refractivity contribution in [3.05, 3.63) is 24.0 Å². The summed E-state index contributed by atoms with van der Waals surface area (Å²) in [6.07, 6.45) is 3.30. The number of aliphatic hydroxyl groups excluding tert-OH is 1. The molecule has 0 atom stereocenters. The van der Waals surface area contributed by atoms with E-state index < -0.39 is 10.0 Å². The van der Waals surface area contributed by atoms with Crippen LogP contribution in [0.4, 0.5) is 0 Å². The summed E-state index contributed by atoms with van der Waals surface area (Å²) in [6, 6.07) is 1.42. The van der Waals surface area contributed by atoms with Gasteiger partial charge in [-0.2, -0.15) is 0 Å². The number of sulfonamides is 1. The summed E-state index contributed by atoms with van der Waals surface area (Å²) < 4.78 is 31.6. The van der Waals surface area contributed by atoms with E-state index in [1.807, 2.05) is 6.92 Å². The molecule has 7 heteroatoms. The van der Waals surface area contributed by atoms with Crippen molar-refractivity contribution in [2.45, 2.75) is 18.2 Å². The molecule has 0 aliphatic carbocycles. The van der Waals surface area contributed by atoms with Crippen LogP contribution in [0.15, 0.2) is 23.4 Å². The molecule has 0 saturated carbocycles. The van der Waals surface area contributed by atoms with Gasteiger partial charge in [-0.25, -0.2) is 13.1 Å². The molecular formula is C13H18N2O4S. The number of hydrogen-bond acceptors (Lipinski definition) is 5. The van der Waals surface area contributed by atoms with Gasteiger partial charge < -0.3 is 9.84 Å². The lowest BCUT2D eigenvalue weighted by Crippen LogP contribution is -2.25. The number of aromatic nitrogens is 1. The van der Waals surface area contributed by atoms with E-state index in [9.17, 15) is 8.42 Å². The van der Waals surface area contributed by atoms with Crippen molar-refractivity contribution < 1.29 is 18.3 Å². The highest BCUT2D eigenvalue weighted by Crippen LogP contribution is 2.08. The molecule has 0 aliphatic rings. The fourth-order valence-electron chi connectivity index (χ4n) is 1.38. The molecule has 1 aromatic heterocycles. The second kappa shape index (κ2) is 8.66. The van der Waals surface area contributed by atoms with Gasteiger partial charge in [-0.1, -0.05) is 11.8 Å². The van der Waals surface area contributed by atoms with Crippen LogP contribution in [-0.2, 0) is 14.8 Å². The summed E-state index contributed by atoms with van der Waals surface area (Å²) in [7, 11) is -3.59. The molecule has 0 amide bonds. The van der Waals surface area contributed by atoms with Crippen molar-refractivity contribution in [2.75, 3.05) is 26.4 Å². The lowest BCUT2D eigenvalue weighted by molar-refractivity contribution is 0.146. The number of hydrogen-bond donors (Lipinski definition) is 2. The van der Waals surface area contributed by atoms with E-state index in [1.54, 1.807) is 0 Å². The van der Waals surface area contributed by atoms with Crippen molar-refractivity contribution in [3.8, 4) is 11.8 Å². The van der Waals surface area contributed by atoms with Gasteiger partial charge in [-0.05, 0) is 19.4 Å². The highest BCUT2D eigenvalue weighted by molar-refractivity contribution is 7.89. The van der Waals surface area contributed by atoms with Crippen LogP contribution in [0, 0.1) is 11.8 Å². The van der Waals surface area contributed by atoms with Gasteiger partial charge in [-0.3, -0.25) is 4.98 Å². The van der Waals surface area contributed by atoms with E-state index in [4.69, 9.17) is 9.84 Å². The molecule has 1 heterocycles. The molecule has 0 aliphatic heterocycles. The molecule has 110 valence electrons. The van der Waals surface area contributed by atoms with Crippen molar-refractivity contribution in [1.29, 1.82) is 0 Å². The highest BCUT2D eigenvalue weighted by Gasteiger charge is 2.13. The second-order valence-electron chi connectivity index (χ2n) is 3.82. The largest absolute Gasteiger partial charge is 0.384 e. The van der Waals surface area contributed by atoms with Crippen molar-refractivity contribution in [3.63, 3.8) is 0 Å². The predicted molar refractivity (Wildman–Crippen MR) is 74.5 cm³/mol. The van der Waals surface area contributed by atoms with Crippen LogP contribution in [0.3, 0.4) is 0 Å². The summed E-state index contributed by atoms with van der Waals surface area (Å²) in [5.74, 6) is 5.06. The number of pyridine rings is 1. The van der Waals surface area contributed by atoms with Gasteiger partial charge in [0.2, 0.25) is 10.0 Å². The zero-order valence-electron chi connectivity index (χ0n) is 11.3. The molecule has 20 heavy (non-hydrogen) atoms. The normalized spacial score (nSPS) is 10.9. The van der Waals surface area contributed by atoms with Gasteiger partial charge >= 0.3 is 0 Å². The fraction of sp³-hybridized carbons (Fsp3) is 0.462. The molecule has 0 spiro atoms. The highest BCUT2D eigenvalue weighted by atomic mass is 32.2. The summed E-state index contributed by atoms with van der Waals surface area (Å²) >= 11 is 0. The average Bonchev–Trinajstić information content (AvgIpc) is 2.45. The number of nitrogens with one attached hydrogen (secondary N) is 1. The predicted octanol–water partition coefficient (Wildman–Crippen LogP) is 0.130. The zero-order valence-corrected chi connectivity index (χ0v) is 12.1. The van der Waals surface area contributed by atoms with E-state index in [0.717, 1.165) is 0 Å². The SMILES string of the molecule is CCOCCCNS(=O)(=O)c1cncc(C#CCO)c1. The van der Waals surface area contributed by atoms with Crippen LogP contribution in [-0.4, -0.2) is 44.9 Å². The van der Waals surface area contributed by atoms with Crippen molar-refractivity contribution in [2.24, 2.45) is 0 Å². The lowest BCUT2D eigenvalue weighted by atomic mass is 10.3. The van der Waals surface area contributed by atoms with Crippen LogP contribution >= 0.6 is 0 Å². The molecule has 0 bridgehead atoms. The molecule has 0 saturated heterocycles. The maximum Gasteiger partial charge on any atom is 0.242 e. The second-order valence-corrected chi connectivity index (χ2v) is 5.58. The standard InChI is InChI=1S/C13H18N2O4S/c1-2-19-8-4-6-15-20(17,18)13-9-12(5-3-7-16)10-14-11-13/h9-11,15-16H,2,4,6-8H2,1H3. The summed E-state index contributed by atoms with van der Waals surface area (Å²) in [6.45, 7) is 3.03. The maximum absolute atomic E-state index is 12.0. The van der Waals surface area contributed by atoms with Gasteiger partial charge in [0.05, 0.1) is 0 Å². The number of aliphatic hydroxyl groups is 1. The van der Waals surface area contributed by atoms with E-state index in [2.05, 4.69) is 21.5 Å². The molecule has 2 N–H and O–H groups in total. The first-order valence-electron chi connectivity index (χ1n) is 6.22. The van der Waals surface area contributed by atoms with E-state index in [0.29, 0.717) is 31.7 Å². The van der Waals surface area contributed by atoms with Gasteiger partial charge in [0.25, 0.3) is 0 Å². The van der Waals surface area contributed by atoms with Crippen molar-refractivity contribution in [1.82, 2.24) is 9.71 Å². The maximum atomic E-state index is 12.0. The Balaban J connectivity index is 2.67. The Labute approximate surface area is 119 Å². The Morgan fingerprint density at radius 3 is 2.95 bits per heavy atom. The van der Waals surface area contributed by atoms with Crippen LogP contribution in [0.25, 0.3) is 0 Å². The quantitative estimate of drug-likeness (QED) is 0.552. The Morgan fingerprint density at radius 2 is 2.25 bits per heavy atom. The fourth-order valence-corrected chi connectivity index (χ4v) is 2.45. The lowest BCUT2D eigenvalue weighted by Gasteiger charge is -2.06. The summed E-state index contributed by atoms with van der Waals surface area (Å²) in [4.78, 5) is 3.89. The van der Waals surface area contributed by atoms with Crippen LogP contribution < -0.4 is 4.72 Å². The van der Waals surface area contributed by atoms with Crippen molar-refractivity contribution >= 4 is 10.0 Å². The first-order chi connectivity index (χ1) is 9.60. The Hall–Kier alpha value is -1.46. The third-order valence-electron chi connectivity index (χ3n) is 2.30.